The number of hydrogen-bond donors (Lipinski definition) is 1. The van der Waals surface area contributed by atoms with Crippen molar-refractivity contribution in [2.75, 3.05) is 0 Å². The van der Waals surface area contributed by atoms with E-state index in [-0.39, 0.29) is 6.04 Å². The van der Waals surface area contributed by atoms with Gasteiger partial charge in [0.25, 0.3) is 0 Å². The largest absolute Gasteiger partial charge is 0.307 e. The Hall–Kier alpha value is -1.03. The second-order valence-electron chi connectivity index (χ2n) is 4.00. The van der Waals surface area contributed by atoms with Gasteiger partial charge in [-0.3, -0.25) is 0 Å². The normalized spacial score (nSPS) is 25.9. The third-order valence-electron chi connectivity index (χ3n) is 2.78. The van der Waals surface area contributed by atoms with Gasteiger partial charge in [-0.15, -0.1) is 0 Å². The van der Waals surface area contributed by atoms with Crippen LogP contribution in [0.25, 0.3) is 0 Å². The number of nitrogens with one attached hydrogen (secondary N) is 1. The first-order chi connectivity index (χ1) is 7.08. The maximum Gasteiger partial charge on any atom is 0.194 e. The molecule has 0 amide bonds. The Kier molecular flexibility index (Phi) is 2.69. The van der Waals surface area contributed by atoms with E-state index in [0.717, 1.165) is 25.0 Å². The predicted octanol–water partition coefficient (Wildman–Crippen LogP) is 2.92. The highest BCUT2D eigenvalue weighted by molar-refractivity contribution is 5.23. The van der Waals surface area contributed by atoms with E-state index in [1.807, 2.05) is 6.92 Å². The summed E-state index contributed by atoms with van der Waals surface area (Å²) in [6.45, 7) is 2.01. The van der Waals surface area contributed by atoms with Crippen molar-refractivity contribution < 1.29 is 13.2 Å². The molecule has 1 N–H and O–H groups in total. The third kappa shape index (κ3) is 2.00. The molecule has 1 aliphatic heterocycles. The van der Waals surface area contributed by atoms with E-state index in [0.29, 0.717) is 11.6 Å². The summed E-state index contributed by atoms with van der Waals surface area (Å²) < 4.78 is 38.6. The first kappa shape index (κ1) is 10.5. The fraction of sp³-hybridized carbons (Fsp3) is 0.455. The fourth-order valence-corrected chi connectivity index (χ4v) is 1.97. The van der Waals surface area contributed by atoms with Gasteiger partial charge < -0.3 is 5.32 Å². The minimum atomic E-state index is -1.40. The van der Waals surface area contributed by atoms with Crippen LogP contribution in [0.4, 0.5) is 13.2 Å². The van der Waals surface area contributed by atoms with Crippen LogP contribution in [0, 0.1) is 17.5 Å². The molecule has 0 aliphatic carbocycles. The lowest BCUT2D eigenvalue weighted by atomic mass is 10.0. The highest BCUT2D eigenvalue weighted by Gasteiger charge is 2.23. The Morgan fingerprint density at radius 1 is 1.13 bits per heavy atom. The Morgan fingerprint density at radius 2 is 1.73 bits per heavy atom. The van der Waals surface area contributed by atoms with Crippen molar-refractivity contribution in [2.24, 2.45) is 0 Å². The van der Waals surface area contributed by atoms with Crippen LogP contribution in [0.2, 0.25) is 0 Å². The minimum absolute atomic E-state index is 0.0652. The van der Waals surface area contributed by atoms with Gasteiger partial charge in [0.2, 0.25) is 0 Å². The quantitative estimate of drug-likeness (QED) is 0.710. The highest BCUT2D eigenvalue weighted by Crippen LogP contribution is 2.28. The van der Waals surface area contributed by atoms with Crippen LogP contribution in [0.1, 0.15) is 31.4 Å². The first-order valence-electron chi connectivity index (χ1n) is 4.98. The van der Waals surface area contributed by atoms with Crippen LogP contribution in [0.5, 0.6) is 0 Å². The molecule has 1 nitrogen and oxygen atoms in total. The van der Waals surface area contributed by atoms with Crippen LogP contribution < -0.4 is 5.32 Å². The van der Waals surface area contributed by atoms with Crippen molar-refractivity contribution in [3.63, 3.8) is 0 Å². The van der Waals surface area contributed by atoms with Gasteiger partial charge in [0.05, 0.1) is 0 Å². The molecule has 1 heterocycles. The molecule has 0 aromatic heterocycles. The predicted molar refractivity (Wildman–Crippen MR) is 50.9 cm³/mol. The maximum atomic E-state index is 12.9. The fourth-order valence-electron chi connectivity index (χ4n) is 1.97. The molecule has 1 aromatic carbocycles. The van der Waals surface area contributed by atoms with Crippen molar-refractivity contribution >= 4 is 0 Å². The Labute approximate surface area is 86.3 Å². The summed E-state index contributed by atoms with van der Waals surface area (Å²) >= 11 is 0. The molecule has 1 saturated heterocycles. The molecule has 4 heteroatoms. The molecule has 1 fully saturated rings. The summed E-state index contributed by atoms with van der Waals surface area (Å²) in [5.41, 5.74) is 0.482. The third-order valence-corrected chi connectivity index (χ3v) is 2.78. The van der Waals surface area contributed by atoms with E-state index in [9.17, 15) is 13.2 Å². The number of benzene rings is 1. The zero-order chi connectivity index (χ0) is 11.0. The molecule has 82 valence electrons. The van der Waals surface area contributed by atoms with E-state index in [1.165, 1.54) is 0 Å². The minimum Gasteiger partial charge on any atom is -0.307 e. The molecule has 15 heavy (non-hydrogen) atoms. The lowest BCUT2D eigenvalue weighted by Crippen LogP contribution is -2.21. The van der Waals surface area contributed by atoms with Crippen molar-refractivity contribution in [1.29, 1.82) is 0 Å². The summed E-state index contributed by atoms with van der Waals surface area (Å²) in [6, 6.07) is 2.40. The van der Waals surface area contributed by atoms with Gasteiger partial charge >= 0.3 is 0 Å². The van der Waals surface area contributed by atoms with Gasteiger partial charge in [0.15, 0.2) is 17.5 Å². The Balaban J connectivity index is 2.29. The van der Waals surface area contributed by atoms with Gasteiger partial charge in [-0.25, -0.2) is 13.2 Å². The van der Waals surface area contributed by atoms with Crippen LogP contribution in [-0.2, 0) is 0 Å². The summed E-state index contributed by atoms with van der Waals surface area (Å²) in [5, 5.41) is 3.19. The molecular formula is C11H12F3N. The Morgan fingerprint density at radius 3 is 2.20 bits per heavy atom. The van der Waals surface area contributed by atoms with E-state index in [2.05, 4.69) is 5.32 Å². The van der Waals surface area contributed by atoms with E-state index in [1.54, 1.807) is 0 Å². The summed E-state index contributed by atoms with van der Waals surface area (Å²) in [7, 11) is 0. The zero-order valence-electron chi connectivity index (χ0n) is 8.36. The average Bonchev–Trinajstić information content (AvgIpc) is 2.60. The van der Waals surface area contributed by atoms with E-state index >= 15 is 0 Å². The molecule has 0 bridgehead atoms. The molecule has 0 saturated carbocycles. The van der Waals surface area contributed by atoms with E-state index < -0.39 is 17.5 Å². The van der Waals surface area contributed by atoms with E-state index in [4.69, 9.17) is 0 Å². The molecule has 1 aromatic rings. The lowest BCUT2D eigenvalue weighted by molar-refractivity contribution is 0.441. The standard InChI is InChI=1S/C11H12F3N/c1-6-2-3-10(15-6)7-4-8(12)11(14)9(13)5-7/h4-6,10,15H,2-3H2,1H3/t6-,10-/m1/s1. The first-order valence-corrected chi connectivity index (χ1v) is 4.98. The molecule has 2 atom stereocenters. The van der Waals surface area contributed by atoms with Crippen molar-refractivity contribution in [3.05, 3.63) is 35.1 Å². The number of rotatable bonds is 1. The lowest BCUT2D eigenvalue weighted by Gasteiger charge is -2.12. The van der Waals surface area contributed by atoms with Crippen LogP contribution in [0.3, 0.4) is 0 Å². The monoisotopic (exact) mass is 215 g/mol. The summed E-state index contributed by atoms with van der Waals surface area (Å²) in [5.74, 6) is -3.64. The maximum absolute atomic E-state index is 12.9. The number of hydrogen-bond acceptors (Lipinski definition) is 1. The van der Waals surface area contributed by atoms with Crippen LogP contribution >= 0.6 is 0 Å². The van der Waals surface area contributed by atoms with Gasteiger partial charge in [0, 0.05) is 12.1 Å². The Bertz CT molecular complexity index is 355. The summed E-state index contributed by atoms with van der Waals surface area (Å²) in [4.78, 5) is 0. The van der Waals surface area contributed by atoms with Crippen LogP contribution in [0.15, 0.2) is 12.1 Å². The average molecular weight is 215 g/mol. The molecule has 0 unspecified atom stereocenters. The van der Waals surface area contributed by atoms with Gasteiger partial charge in [-0.05, 0) is 37.5 Å². The van der Waals surface area contributed by atoms with Crippen molar-refractivity contribution in [2.45, 2.75) is 31.8 Å². The zero-order valence-corrected chi connectivity index (χ0v) is 8.36. The van der Waals surface area contributed by atoms with Gasteiger partial charge in [-0.2, -0.15) is 0 Å². The van der Waals surface area contributed by atoms with Crippen molar-refractivity contribution in [3.8, 4) is 0 Å². The molecule has 0 spiro atoms. The second-order valence-corrected chi connectivity index (χ2v) is 4.00. The molecule has 0 radical (unpaired) electrons. The van der Waals surface area contributed by atoms with Crippen molar-refractivity contribution in [1.82, 2.24) is 5.32 Å². The topological polar surface area (TPSA) is 12.0 Å². The molecule has 1 aliphatic rings. The SMILES string of the molecule is C[C@@H]1CC[C@H](c2cc(F)c(F)c(F)c2)N1. The van der Waals surface area contributed by atoms with Crippen LogP contribution in [-0.4, -0.2) is 6.04 Å². The highest BCUT2D eigenvalue weighted by atomic mass is 19.2. The van der Waals surface area contributed by atoms with Gasteiger partial charge in [-0.1, -0.05) is 0 Å². The van der Waals surface area contributed by atoms with Gasteiger partial charge in [0.1, 0.15) is 0 Å². The second kappa shape index (κ2) is 3.85. The number of halogens is 3. The molecular weight excluding hydrogens is 203 g/mol. The molecule has 2 rings (SSSR count). The summed E-state index contributed by atoms with van der Waals surface area (Å²) in [6.07, 6.45) is 1.79. The smallest absolute Gasteiger partial charge is 0.194 e.